The molecule has 0 aliphatic carbocycles. The number of fused-ring (bicyclic) bond motifs is 1. The third-order valence-electron chi connectivity index (χ3n) is 6.59. The first kappa shape index (κ1) is 23.9. The summed E-state index contributed by atoms with van der Waals surface area (Å²) < 4.78 is 5.20. The minimum absolute atomic E-state index is 0.0140. The predicted octanol–water partition coefficient (Wildman–Crippen LogP) is 3.57. The molecule has 0 spiro atoms. The smallest absolute Gasteiger partial charge is 0.313 e. The summed E-state index contributed by atoms with van der Waals surface area (Å²) in [5, 5.41) is 22.5. The van der Waals surface area contributed by atoms with Gasteiger partial charge in [-0.1, -0.05) is 23.7 Å². The number of esters is 1. The summed E-state index contributed by atoms with van der Waals surface area (Å²) in [4.78, 5) is 36.8. The second kappa shape index (κ2) is 9.21. The predicted molar refractivity (Wildman–Crippen MR) is 135 cm³/mol. The molecule has 0 fully saturated rings. The van der Waals surface area contributed by atoms with Gasteiger partial charge < -0.3 is 9.64 Å². The van der Waals surface area contributed by atoms with Crippen molar-refractivity contribution in [2.75, 3.05) is 18.6 Å². The summed E-state index contributed by atoms with van der Waals surface area (Å²) in [5.74, 6) is -1.42. The van der Waals surface area contributed by atoms with Gasteiger partial charge in [-0.05, 0) is 48.2 Å². The molecule has 3 aromatic carbocycles. The number of hydrogen-bond donors (Lipinski definition) is 0. The number of rotatable bonds is 6. The topological polar surface area (TPSA) is 116 Å². The molecule has 1 heterocycles. The largest absolute Gasteiger partial charge is 0.469 e. The molecule has 0 saturated carbocycles. The number of carbonyl (C=O) groups excluding carboxylic acids is 1. The lowest BCUT2D eigenvalue weighted by molar-refractivity contribution is -0.385. The number of nitro benzene ring substituents is 2. The van der Waals surface area contributed by atoms with E-state index in [1.54, 1.807) is 19.1 Å². The maximum absolute atomic E-state index is 13.1. The van der Waals surface area contributed by atoms with E-state index in [0.29, 0.717) is 17.7 Å². The number of hydrogen-bond acceptors (Lipinski definition) is 7. The Morgan fingerprint density at radius 1 is 0.971 bits per heavy atom. The molecule has 0 N–H and O–H groups in total. The Balaban J connectivity index is 1.84. The fraction of sp³-hybridized carbons (Fsp3) is 0.240. The van der Waals surface area contributed by atoms with Gasteiger partial charge in [0.1, 0.15) is 7.85 Å². The number of non-ortho nitro benzene ring substituents is 2. The number of benzene rings is 3. The van der Waals surface area contributed by atoms with Crippen LogP contribution >= 0.6 is 0 Å². The van der Waals surface area contributed by atoms with E-state index >= 15 is 0 Å². The SMILES string of the molecule is Bc1ccc2c(c1)C(C(C(=O)OC)c1ccc([N+](=O)[O-])cc1C)CN2c1ccc([N+](=O)[O-])cc1C. The van der Waals surface area contributed by atoms with Gasteiger partial charge in [0, 0.05) is 48.1 Å². The molecular weight excluding hydrogens is 449 g/mol. The summed E-state index contributed by atoms with van der Waals surface area (Å²) in [6, 6.07) is 15.3. The van der Waals surface area contributed by atoms with Crippen LogP contribution in [-0.2, 0) is 9.53 Å². The quantitative estimate of drug-likeness (QED) is 0.233. The Morgan fingerprint density at radius 2 is 1.57 bits per heavy atom. The van der Waals surface area contributed by atoms with E-state index in [9.17, 15) is 25.0 Å². The first-order chi connectivity index (χ1) is 16.6. The van der Waals surface area contributed by atoms with E-state index in [1.165, 1.54) is 31.4 Å². The molecule has 3 aromatic rings. The molecule has 178 valence electrons. The lowest BCUT2D eigenvalue weighted by Gasteiger charge is -2.25. The normalized spacial score (nSPS) is 15.4. The lowest BCUT2D eigenvalue weighted by atomic mass is 9.79. The molecule has 35 heavy (non-hydrogen) atoms. The van der Waals surface area contributed by atoms with Crippen molar-refractivity contribution in [3.63, 3.8) is 0 Å². The van der Waals surface area contributed by atoms with Gasteiger partial charge in [-0.25, -0.2) is 0 Å². The van der Waals surface area contributed by atoms with Crippen molar-refractivity contribution < 1.29 is 19.4 Å². The van der Waals surface area contributed by atoms with Crippen LogP contribution < -0.4 is 10.4 Å². The number of carbonyl (C=O) groups is 1. The second-order valence-electron chi connectivity index (χ2n) is 8.81. The van der Waals surface area contributed by atoms with Crippen molar-refractivity contribution >= 4 is 42.0 Å². The van der Waals surface area contributed by atoms with Crippen LogP contribution in [-0.4, -0.2) is 37.3 Å². The van der Waals surface area contributed by atoms with Gasteiger partial charge >= 0.3 is 5.97 Å². The third-order valence-corrected chi connectivity index (χ3v) is 6.59. The van der Waals surface area contributed by atoms with Gasteiger partial charge in [0.2, 0.25) is 0 Å². The average molecular weight is 473 g/mol. The van der Waals surface area contributed by atoms with Crippen LogP contribution in [0.1, 0.15) is 34.1 Å². The molecule has 10 heteroatoms. The lowest BCUT2D eigenvalue weighted by Crippen LogP contribution is -2.26. The summed E-state index contributed by atoms with van der Waals surface area (Å²) in [6.07, 6.45) is 0. The van der Waals surface area contributed by atoms with E-state index in [0.717, 1.165) is 28.0 Å². The van der Waals surface area contributed by atoms with Crippen LogP contribution in [0.25, 0.3) is 0 Å². The van der Waals surface area contributed by atoms with E-state index in [2.05, 4.69) is 4.90 Å². The van der Waals surface area contributed by atoms with Crippen LogP contribution in [0, 0.1) is 34.1 Å². The number of nitrogens with zero attached hydrogens (tertiary/aromatic N) is 3. The number of anilines is 2. The van der Waals surface area contributed by atoms with Crippen molar-refractivity contribution in [3.8, 4) is 0 Å². The standard InChI is InChI=1S/C25H24BN3O6/c1-14-10-17(28(31)32)5-7-19(14)24(25(30)35-3)21-13-27(23-8-4-16(26)12-20(21)23)22-9-6-18(29(33)34)11-15(22)2/h4-12,21,24H,13,26H2,1-3H3. The van der Waals surface area contributed by atoms with E-state index in [-0.39, 0.29) is 17.3 Å². The molecule has 9 nitrogen and oxygen atoms in total. The van der Waals surface area contributed by atoms with Gasteiger partial charge in [0.05, 0.1) is 22.9 Å². The zero-order valence-corrected chi connectivity index (χ0v) is 19.8. The highest BCUT2D eigenvalue weighted by Gasteiger charge is 2.41. The molecule has 0 bridgehead atoms. The molecule has 1 aliphatic heterocycles. The number of nitro groups is 2. The maximum Gasteiger partial charge on any atom is 0.313 e. The van der Waals surface area contributed by atoms with E-state index < -0.39 is 21.7 Å². The van der Waals surface area contributed by atoms with Crippen molar-refractivity contribution in [1.82, 2.24) is 0 Å². The monoisotopic (exact) mass is 473 g/mol. The Kier molecular flexibility index (Phi) is 6.30. The summed E-state index contributed by atoms with van der Waals surface area (Å²) in [7, 11) is 3.31. The summed E-state index contributed by atoms with van der Waals surface area (Å²) in [5.41, 5.74) is 5.72. The van der Waals surface area contributed by atoms with Crippen molar-refractivity contribution in [1.29, 1.82) is 0 Å². The Morgan fingerprint density at radius 3 is 2.14 bits per heavy atom. The fourth-order valence-electron chi connectivity index (χ4n) is 4.94. The maximum atomic E-state index is 13.1. The summed E-state index contributed by atoms with van der Waals surface area (Å²) in [6.45, 7) is 4.01. The molecular formula is C25H24BN3O6. The Bertz CT molecular complexity index is 1360. The first-order valence-electron chi connectivity index (χ1n) is 11.1. The number of methoxy groups -OCH3 is 1. The molecule has 0 aromatic heterocycles. The van der Waals surface area contributed by atoms with Crippen LogP contribution in [0.2, 0.25) is 0 Å². The van der Waals surface area contributed by atoms with Crippen LogP contribution in [0.4, 0.5) is 22.7 Å². The van der Waals surface area contributed by atoms with Crippen molar-refractivity contribution in [3.05, 3.63) is 97.1 Å². The molecule has 4 rings (SSSR count). The fourth-order valence-corrected chi connectivity index (χ4v) is 4.94. The van der Waals surface area contributed by atoms with Crippen LogP contribution in [0.15, 0.2) is 54.6 Å². The molecule has 0 saturated heterocycles. The van der Waals surface area contributed by atoms with Crippen molar-refractivity contribution in [2.24, 2.45) is 0 Å². The third kappa shape index (κ3) is 4.34. The molecule has 2 atom stereocenters. The molecule has 0 amide bonds. The zero-order chi connectivity index (χ0) is 25.4. The second-order valence-corrected chi connectivity index (χ2v) is 8.81. The van der Waals surface area contributed by atoms with E-state index in [4.69, 9.17) is 4.74 Å². The van der Waals surface area contributed by atoms with Gasteiger partial charge in [-0.2, -0.15) is 0 Å². The number of ether oxygens (including phenoxy) is 1. The van der Waals surface area contributed by atoms with Crippen LogP contribution in [0.3, 0.4) is 0 Å². The Labute approximate surface area is 203 Å². The molecule has 1 aliphatic rings. The zero-order valence-electron chi connectivity index (χ0n) is 19.8. The minimum atomic E-state index is -0.690. The van der Waals surface area contributed by atoms with Crippen LogP contribution in [0.5, 0.6) is 0 Å². The average Bonchev–Trinajstić information content (AvgIpc) is 3.17. The van der Waals surface area contributed by atoms with Gasteiger partial charge in [-0.15, -0.1) is 0 Å². The first-order valence-corrected chi connectivity index (χ1v) is 11.1. The Hall–Kier alpha value is -4.21. The highest BCUT2D eigenvalue weighted by molar-refractivity contribution is 6.32. The van der Waals surface area contributed by atoms with Gasteiger partial charge in [-0.3, -0.25) is 25.0 Å². The van der Waals surface area contributed by atoms with Gasteiger partial charge in [0.15, 0.2) is 0 Å². The number of aryl methyl sites for hydroxylation is 2. The van der Waals surface area contributed by atoms with E-state index in [1.807, 2.05) is 33.0 Å². The highest BCUT2D eigenvalue weighted by atomic mass is 16.6. The van der Waals surface area contributed by atoms with Crippen molar-refractivity contribution in [2.45, 2.75) is 25.7 Å². The summed E-state index contributed by atoms with van der Waals surface area (Å²) >= 11 is 0. The molecule has 2 unspecified atom stereocenters. The molecule has 0 radical (unpaired) electrons. The van der Waals surface area contributed by atoms with Gasteiger partial charge in [0.25, 0.3) is 11.4 Å². The highest BCUT2D eigenvalue weighted by Crippen LogP contribution is 2.48. The minimum Gasteiger partial charge on any atom is -0.469 e.